The molecule has 2 heterocycles. The summed E-state index contributed by atoms with van der Waals surface area (Å²) >= 11 is 12.2. The summed E-state index contributed by atoms with van der Waals surface area (Å²) in [4.78, 5) is 13.8. The number of piperidine rings is 1. The van der Waals surface area contributed by atoms with Crippen LogP contribution in [0.25, 0.3) is 11.3 Å². The average Bonchev–Trinajstić information content (AvgIpc) is 3.14. The number of aromatic nitrogens is 2. The van der Waals surface area contributed by atoms with Crippen LogP contribution in [-0.2, 0) is 0 Å². The molecule has 1 unspecified atom stereocenters. The van der Waals surface area contributed by atoms with Crippen molar-refractivity contribution in [3.05, 3.63) is 58.1 Å². The summed E-state index contributed by atoms with van der Waals surface area (Å²) in [7, 11) is 0. The van der Waals surface area contributed by atoms with Gasteiger partial charge in [0.1, 0.15) is 28.6 Å². The van der Waals surface area contributed by atoms with E-state index < -0.39 is 5.91 Å². The SMILES string of the molecule is N#CN1CCCC(n2nc(-c3ccc(Oc4cc(Cl)ccc4Cl)cc3)c(C(N)=O)c2N)C1. The number of primary amides is 1. The molecule has 32 heavy (non-hydrogen) atoms. The summed E-state index contributed by atoms with van der Waals surface area (Å²) in [5.41, 5.74) is 13.1. The quantitative estimate of drug-likeness (QED) is 0.530. The highest BCUT2D eigenvalue weighted by Crippen LogP contribution is 2.35. The van der Waals surface area contributed by atoms with Crippen molar-refractivity contribution in [1.82, 2.24) is 14.7 Å². The minimum atomic E-state index is -0.664. The molecule has 4 rings (SSSR count). The van der Waals surface area contributed by atoms with Crippen LogP contribution in [0.5, 0.6) is 11.5 Å². The highest BCUT2D eigenvalue weighted by Gasteiger charge is 2.28. The molecule has 4 N–H and O–H groups in total. The zero-order valence-corrected chi connectivity index (χ0v) is 18.5. The van der Waals surface area contributed by atoms with E-state index in [2.05, 4.69) is 11.3 Å². The molecular formula is C22H20Cl2N6O2. The van der Waals surface area contributed by atoms with Crippen molar-refractivity contribution in [2.75, 3.05) is 18.8 Å². The number of nitrogen functional groups attached to an aromatic ring is 1. The molecule has 3 aromatic rings. The fourth-order valence-corrected chi connectivity index (χ4v) is 4.10. The van der Waals surface area contributed by atoms with E-state index in [9.17, 15) is 10.1 Å². The number of likely N-dealkylation sites (tertiary alicyclic amines) is 1. The molecule has 0 aliphatic carbocycles. The van der Waals surface area contributed by atoms with Gasteiger partial charge in [-0.25, -0.2) is 4.68 Å². The van der Waals surface area contributed by atoms with Gasteiger partial charge in [0.15, 0.2) is 6.19 Å². The zero-order chi connectivity index (χ0) is 22.8. The number of benzene rings is 2. The molecule has 0 spiro atoms. The number of rotatable bonds is 5. The molecule has 0 radical (unpaired) electrons. The predicted octanol–water partition coefficient (Wildman–Crippen LogP) is 4.45. The minimum Gasteiger partial charge on any atom is -0.456 e. The first-order valence-electron chi connectivity index (χ1n) is 9.93. The Labute approximate surface area is 194 Å². The Hall–Kier alpha value is -3.41. The predicted molar refractivity (Wildman–Crippen MR) is 123 cm³/mol. The molecular weight excluding hydrogens is 451 g/mol. The number of nitrogens with zero attached hydrogens (tertiary/aromatic N) is 4. The first-order chi connectivity index (χ1) is 15.4. The number of carbonyl (C=O) groups excluding carboxylic acids is 1. The number of hydrogen-bond acceptors (Lipinski definition) is 6. The van der Waals surface area contributed by atoms with Crippen LogP contribution in [0.3, 0.4) is 0 Å². The van der Waals surface area contributed by atoms with Crippen molar-refractivity contribution in [2.24, 2.45) is 5.73 Å². The number of carbonyl (C=O) groups is 1. The van der Waals surface area contributed by atoms with Gasteiger partial charge in [0.2, 0.25) is 0 Å². The van der Waals surface area contributed by atoms with Gasteiger partial charge in [-0.05, 0) is 49.2 Å². The van der Waals surface area contributed by atoms with Crippen molar-refractivity contribution in [2.45, 2.75) is 18.9 Å². The van der Waals surface area contributed by atoms with Crippen molar-refractivity contribution in [3.63, 3.8) is 0 Å². The lowest BCUT2D eigenvalue weighted by molar-refractivity contribution is 0.100. The van der Waals surface area contributed by atoms with Crippen LogP contribution in [0.2, 0.25) is 10.0 Å². The highest BCUT2D eigenvalue weighted by atomic mass is 35.5. The third-order valence-corrected chi connectivity index (χ3v) is 5.87. The summed E-state index contributed by atoms with van der Waals surface area (Å²) in [6, 6.07) is 11.8. The fraction of sp³-hybridized carbons (Fsp3) is 0.227. The van der Waals surface area contributed by atoms with Gasteiger partial charge < -0.3 is 21.1 Å². The Morgan fingerprint density at radius 3 is 2.66 bits per heavy atom. The number of nitrogens with two attached hydrogens (primary N) is 2. The van der Waals surface area contributed by atoms with Crippen LogP contribution in [0, 0.1) is 11.5 Å². The fourth-order valence-electron chi connectivity index (χ4n) is 3.78. The first-order valence-corrected chi connectivity index (χ1v) is 10.7. The monoisotopic (exact) mass is 470 g/mol. The van der Waals surface area contributed by atoms with Gasteiger partial charge >= 0.3 is 0 Å². The van der Waals surface area contributed by atoms with Crippen molar-refractivity contribution in [3.8, 4) is 28.9 Å². The third-order valence-electron chi connectivity index (χ3n) is 5.33. The minimum absolute atomic E-state index is 0.122. The number of nitriles is 1. The molecule has 1 aliphatic heterocycles. The summed E-state index contributed by atoms with van der Waals surface area (Å²) in [6.07, 6.45) is 3.79. The maximum absolute atomic E-state index is 12.2. The van der Waals surface area contributed by atoms with E-state index in [0.29, 0.717) is 45.9 Å². The largest absolute Gasteiger partial charge is 0.456 e. The van der Waals surface area contributed by atoms with E-state index in [4.69, 9.17) is 39.4 Å². The van der Waals surface area contributed by atoms with E-state index >= 15 is 0 Å². The first kappa shape index (κ1) is 21.8. The van der Waals surface area contributed by atoms with E-state index in [1.807, 2.05) is 0 Å². The second-order valence-electron chi connectivity index (χ2n) is 7.46. The summed E-state index contributed by atoms with van der Waals surface area (Å²) in [5, 5.41) is 14.8. The smallest absolute Gasteiger partial charge is 0.254 e. The number of anilines is 1. The molecule has 1 aliphatic rings. The molecule has 2 aromatic carbocycles. The number of hydrogen-bond donors (Lipinski definition) is 2. The van der Waals surface area contributed by atoms with Gasteiger partial charge in [0.25, 0.3) is 5.91 Å². The normalized spacial score (nSPS) is 15.9. The second-order valence-corrected chi connectivity index (χ2v) is 8.30. The van der Waals surface area contributed by atoms with Crippen LogP contribution in [0.15, 0.2) is 42.5 Å². The van der Waals surface area contributed by atoms with Gasteiger partial charge in [-0.2, -0.15) is 10.4 Å². The molecule has 1 amide bonds. The molecule has 1 aromatic heterocycles. The lowest BCUT2D eigenvalue weighted by Crippen LogP contribution is -2.34. The topological polar surface area (TPSA) is 123 Å². The highest BCUT2D eigenvalue weighted by molar-refractivity contribution is 6.34. The lowest BCUT2D eigenvalue weighted by atomic mass is 10.1. The second kappa shape index (κ2) is 8.99. The number of ether oxygens (including phenoxy) is 1. The summed E-state index contributed by atoms with van der Waals surface area (Å²) in [6.45, 7) is 1.18. The Morgan fingerprint density at radius 1 is 1.22 bits per heavy atom. The van der Waals surface area contributed by atoms with Gasteiger partial charge in [-0.3, -0.25) is 4.79 Å². The Balaban J connectivity index is 1.65. The number of amides is 1. The van der Waals surface area contributed by atoms with E-state index in [1.54, 1.807) is 52.0 Å². The van der Waals surface area contributed by atoms with Crippen LogP contribution in [0.1, 0.15) is 29.2 Å². The molecule has 10 heteroatoms. The molecule has 8 nitrogen and oxygen atoms in total. The van der Waals surface area contributed by atoms with Crippen LogP contribution in [0.4, 0.5) is 5.82 Å². The Bertz CT molecular complexity index is 1200. The van der Waals surface area contributed by atoms with Gasteiger partial charge in [-0.15, -0.1) is 0 Å². The zero-order valence-electron chi connectivity index (χ0n) is 17.0. The Morgan fingerprint density at radius 2 is 1.97 bits per heavy atom. The standard InChI is InChI=1S/C22H20Cl2N6O2/c23-14-5-8-17(24)18(10-14)32-16-6-3-13(4-7-16)20-19(22(27)31)21(26)30(28-20)15-2-1-9-29(11-15)12-25/h3-8,10,15H,1-2,9,11,26H2,(H2,27,31). The molecule has 1 atom stereocenters. The summed E-state index contributed by atoms with van der Waals surface area (Å²) in [5.74, 6) is 0.492. The van der Waals surface area contributed by atoms with Crippen molar-refractivity contribution < 1.29 is 9.53 Å². The van der Waals surface area contributed by atoms with Crippen molar-refractivity contribution in [1.29, 1.82) is 5.26 Å². The van der Waals surface area contributed by atoms with Crippen LogP contribution in [-0.4, -0.2) is 33.7 Å². The molecule has 1 fully saturated rings. The van der Waals surface area contributed by atoms with Gasteiger partial charge in [-0.1, -0.05) is 23.2 Å². The summed E-state index contributed by atoms with van der Waals surface area (Å²) < 4.78 is 7.42. The molecule has 1 saturated heterocycles. The maximum Gasteiger partial charge on any atom is 0.254 e. The van der Waals surface area contributed by atoms with E-state index in [-0.39, 0.29) is 17.4 Å². The van der Waals surface area contributed by atoms with Gasteiger partial charge in [0.05, 0.1) is 17.6 Å². The molecule has 0 saturated carbocycles. The van der Waals surface area contributed by atoms with Crippen LogP contribution >= 0.6 is 23.2 Å². The van der Waals surface area contributed by atoms with Gasteiger partial charge in [0, 0.05) is 23.2 Å². The van der Waals surface area contributed by atoms with E-state index in [1.165, 1.54) is 0 Å². The maximum atomic E-state index is 12.2. The van der Waals surface area contributed by atoms with Crippen molar-refractivity contribution >= 4 is 34.9 Å². The Kier molecular flexibility index (Phi) is 6.12. The third kappa shape index (κ3) is 4.31. The molecule has 164 valence electrons. The average molecular weight is 471 g/mol. The van der Waals surface area contributed by atoms with E-state index in [0.717, 1.165) is 12.8 Å². The number of halogens is 2. The molecule has 0 bridgehead atoms. The van der Waals surface area contributed by atoms with Crippen LogP contribution < -0.4 is 16.2 Å². The lowest BCUT2D eigenvalue weighted by Gasteiger charge is -2.29.